The summed E-state index contributed by atoms with van der Waals surface area (Å²) >= 11 is 3.33. The van der Waals surface area contributed by atoms with Gasteiger partial charge in [-0.2, -0.15) is 0 Å². The van der Waals surface area contributed by atoms with Gasteiger partial charge >= 0.3 is 0 Å². The van der Waals surface area contributed by atoms with Gasteiger partial charge in [-0.05, 0) is 47.9 Å². The zero-order chi connectivity index (χ0) is 19.1. The minimum Gasteiger partial charge on any atom is -0.489 e. The van der Waals surface area contributed by atoms with Crippen molar-refractivity contribution in [1.82, 2.24) is 0 Å². The van der Waals surface area contributed by atoms with Gasteiger partial charge in [0.15, 0.2) is 0 Å². The second kappa shape index (κ2) is 9.33. The number of amides is 1. The predicted octanol–water partition coefficient (Wildman–Crippen LogP) is 5.35. The summed E-state index contributed by atoms with van der Waals surface area (Å²) in [6, 6.07) is 23.5. The van der Waals surface area contributed by atoms with Gasteiger partial charge in [0.2, 0.25) is 5.91 Å². The Morgan fingerprint density at radius 1 is 0.963 bits per heavy atom. The van der Waals surface area contributed by atoms with Gasteiger partial charge < -0.3 is 10.1 Å². The first kappa shape index (κ1) is 19.1. The van der Waals surface area contributed by atoms with Gasteiger partial charge in [-0.1, -0.05) is 64.5 Å². The highest BCUT2D eigenvalue weighted by atomic mass is 79.9. The first-order chi connectivity index (χ1) is 13.1. The molecule has 27 heavy (non-hydrogen) atoms. The van der Waals surface area contributed by atoms with E-state index in [0.717, 1.165) is 11.3 Å². The van der Waals surface area contributed by atoms with E-state index in [4.69, 9.17) is 4.74 Å². The Morgan fingerprint density at radius 2 is 1.63 bits per heavy atom. The maximum atomic E-state index is 13.7. The molecule has 0 spiro atoms. The molecule has 0 radical (unpaired) electrons. The summed E-state index contributed by atoms with van der Waals surface area (Å²) < 4.78 is 19.4. The molecular weight excluding hydrogens is 409 g/mol. The molecule has 0 bridgehead atoms. The van der Waals surface area contributed by atoms with Crippen molar-refractivity contribution in [1.29, 1.82) is 0 Å². The minimum absolute atomic E-state index is 0.226. The molecule has 1 N–H and O–H groups in total. The number of carbonyl (C=O) groups is 1. The Morgan fingerprint density at radius 3 is 2.33 bits per heavy atom. The Balaban J connectivity index is 1.52. The molecule has 0 fully saturated rings. The molecule has 1 amide bonds. The van der Waals surface area contributed by atoms with Crippen molar-refractivity contribution >= 4 is 27.5 Å². The summed E-state index contributed by atoms with van der Waals surface area (Å²) in [7, 11) is 0. The summed E-state index contributed by atoms with van der Waals surface area (Å²) in [5.41, 5.74) is 2.24. The molecule has 0 aliphatic carbocycles. The molecule has 0 saturated carbocycles. The Labute approximate surface area is 166 Å². The molecule has 0 aromatic heterocycles. The number of carbonyl (C=O) groups excluding carboxylic acids is 1. The second-order valence-electron chi connectivity index (χ2n) is 6.05. The third-order valence-corrected chi connectivity index (χ3v) is 4.75. The highest BCUT2D eigenvalue weighted by Crippen LogP contribution is 2.19. The van der Waals surface area contributed by atoms with Crippen LogP contribution in [0.25, 0.3) is 0 Å². The quantitative estimate of drug-likeness (QED) is 0.516. The van der Waals surface area contributed by atoms with Crippen LogP contribution in [0.2, 0.25) is 0 Å². The molecular formula is C22H19BrFNO2. The van der Waals surface area contributed by atoms with Crippen molar-refractivity contribution in [2.45, 2.75) is 17.9 Å². The highest BCUT2D eigenvalue weighted by molar-refractivity contribution is 9.10. The number of alkyl halides is 1. The molecule has 3 aromatic carbocycles. The molecule has 3 aromatic rings. The van der Waals surface area contributed by atoms with Crippen molar-refractivity contribution in [2.75, 3.05) is 5.32 Å². The maximum absolute atomic E-state index is 13.7. The standard InChI is InChI=1S/C22H19BrFNO2/c23-20(14-17-8-4-5-9-21(17)24)22(26)25-18-10-12-19(13-11-18)27-15-16-6-2-1-3-7-16/h1-13,20H,14-15H2,(H,25,26). The van der Waals surface area contributed by atoms with Crippen molar-refractivity contribution < 1.29 is 13.9 Å². The number of hydrogen-bond acceptors (Lipinski definition) is 2. The number of halogens is 2. The summed E-state index contributed by atoms with van der Waals surface area (Å²) in [5, 5.41) is 2.82. The predicted molar refractivity (Wildman–Crippen MR) is 109 cm³/mol. The van der Waals surface area contributed by atoms with Crippen LogP contribution in [0.1, 0.15) is 11.1 Å². The topological polar surface area (TPSA) is 38.3 Å². The van der Waals surface area contributed by atoms with E-state index in [9.17, 15) is 9.18 Å². The number of ether oxygens (including phenoxy) is 1. The molecule has 5 heteroatoms. The highest BCUT2D eigenvalue weighted by Gasteiger charge is 2.17. The summed E-state index contributed by atoms with van der Waals surface area (Å²) in [6.45, 7) is 0.485. The number of nitrogens with one attached hydrogen (secondary N) is 1. The maximum Gasteiger partial charge on any atom is 0.238 e. The van der Waals surface area contributed by atoms with E-state index >= 15 is 0 Å². The van der Waals surface area contributed by atoms with Crippen molar-refractivity contribution in [3.63, 3.8) is 0 Å². The number of anilines is 1. The third kappa shape index (κ3) is 5.66. The lowest BCUT2D eigenvalue weighted by molar-refractivity contribution is -0.115. The first-order valence-corrected chi connectivity index (χ1v) is 9.48. The van der Waals surface area contributed by atoms with Crippen LogP contribution in [0.15, 0.2) is 78.9 Å². The van der Waals surface area contributed by atoms with E-state index in [0.29, 0.717) is 17.9 Å². The van der Waals surface area contributed by atoms with Crippen molar-refractivity contribution in [3.8, 4) is 5.75 Å². The van der Waals surface area contributed by atoms with Crippen LogP contribution in [0.5, 0.6) is 5.75 Å². The fourth-order valence-corrected chi connectivity index (χ4v) is 3.01. The average molecular weight is 428 g/mol. The summed E-state index contributed by atoms with van der Waals surface area (Å²) in [6.07, 6.45) is 0.275. The van der Waals surface area contributed by atoms with Gasteiger partial charge in [-0.15, -0.1) is 0 Å². The molecule has 3 rings (SSSR count). The summed E-state index contributed by atoms with van der Waals surface area (Å²) in [5.74, 6) is 0.185. The van der Waals surface area contributed by atoms with Gasteiger partial charge in [0.25, 0.3) is 0 Å². The van der Waals surface area contributed by atoms with E-state index in [2.05, 4.69) is 21.2 Å². The lowest BCUT2D eigenvalue weighted by Crippen LogP contribution is -2.25. The van der Waals surface area contributed by atoms with Gasteiger partial charge in [0.1, 0.15) is 18.2 Å². The van der Waals surface area contributed by atoms with Crippen LogP contribution in [-0.4, -0.2) is 10.7 Å². The van der Waals surface area contributed by atoms with Crippen LogP contribution >= 0.6 is 15.9 Å². The minimum atomic E-state index is -0.525. The van der Waals surface area contributed by atoms with E-state index in [1.54, 1.807) is 42.5 Å². The Bertz CT molecular complexity index is 884. The van der Waals surface area contributed by atoms with Gasteiger partial charge in [-0.25, -0.2) is 4.39 Å². The van der Waals surface area contributed by atoms with Gasteiger partial charge in [-0.3, -0.25) is 4.79 Å². The van der Waals surface area contributed by atoms with Crippen molar-refractivity contribution in [2.24, 2.45) is 0 Å². The fraction of sp³-hybridized carbons (Fsp3) is 0.136. The largest absolute Gasteiger partial charge is 0.489 e. The molecule has 3 nitrogen and oxygen atoms in total. The zero-order valence-electron chi connectivity index (χ0n) is 14.6. The SMILES string of the molecule is O=C(Nc1ccc(OCc2ccccc2)cc1)C(Br)Cc1ccccc1F. The third-order valence-electron chi connectivity index (χ3n) is 4.01. The lowest BCUT2D eigenvalue weighted by Gasteiger charge is -2.12. The molecule has 1 atom stereocenters. The molecule has 0 heterocycles. The average Bonchev–Trinajstić information content (AvgIpc) is 2.70. The van der Waals surface area contributed by atoms with Gasteiger partial charge in [0.05, 0.1) is 4.83 Å². The van der Waals surface area contributed by atoms with Crippen LogP contribution in [-0.2, 0) is 17.8 Å². The Hall–Kier alpha value is -2.66. The Kier molecular flexibility index (Phi) is 6.60. The summed E-state index contributed by atoms with van der Waals surface area (Å²) in [4.78, 5) is 11.8. The number of rotatable bonds is 7. The fourth-order valence-electron chi connectivity index (χ4n) is 2.55. The van der Waals surface area contributed by atoms with Crippen LogP contribution < -0.4 is 10.1 Å². The number of benzene rings is 3. The van der Waals surface area contributed by atoms with Gasteiger partial charge in [0, 0.05) is 5.69 Å². The normalized spacial score (nSPS) is 11.6. The van der Waals surface area contributed by atoms with E-state index < -0.39 is 4.83 Å². The smallest absolute Gasteiger partial charge is 0.238 e. The van der Waals surface area contributed by atoms with Crippen LogP contribution in [0.4, 0.5) is 10.1 Å². The molecule has 1 unspecified atom stereocenters. The molecule has 138 valence electrons. The molecule has 0 saturated heterocycles. The van der Waals surface area contributed by atoms with Crippen LogP contribution in [0.3, 0.4) is 0 Å². The van der Waals surface area contributed by atoms with E-state index in [1.165, 1.54) is 6.07 Å². The molecule has 0 aliphatic heterocycles. The number of hydrogen-bond donors (Lipinski definition) is 1. The zero-order valence-corrected chi connectivity index (χ0v) is 16.2. The van der Waals surface area contributed by atoms with Crippen LogP contribution in [0, 0.1) is 5.82 Å². The van der Waals surface area contributed by atoms with E-state index in [-0.39, 0.29) is 18.1 Å². The monoisotopic (exact) mass is 427 g/mol. The molecule has 0 aliphatic rings. The van der Waals surface area contributed by atoms with Crippen molar-refractivity contribution in [3.05, 3.63) is 95.8 Å². The second-order valence-corrected chi connectivity index (χ2v) is 7.16. The van der Waals surface area contributed by atoms with E-state index in [1.807, 2.05) is 30.3 Å². The first-order valence-electron chi connectivity index (χ1n) is 8.57. The lowest BCUT2D eigenvalue weighted by atomic mass is 10.1.